The van der Waals surface area contributed by atoms with E-state index in [-0.39, 0.29) is 49.2 Å². The lowest BCUT2D eigenvalue weighted by Gasteiger charge is -2.19. The van der Waals surface area contributed by atoms with Crippen molar-refractivity contribution in [1.29, 1.82) is 10.7 Å². The van der Waals surface area contributed by atoms with Gasteiger partial charge in [-0.3, -0.25) is 15.0 Å². The fourth-order valence-electron chi connectivity index (χ4n) is 3.75. The maximum atomic E-state index is 14.0. The number of carbonyl (C=O) groups excluding carboxylic acids is 2. The number of nitrogens with one attached hydrogen (secondary N) is 3. The normalized spacial score (nSPS) is 14.2. The lowest BCUT2D eigenvalue weighted by atomic mass is 9.92. The highest BCUT2D eigenvalue weighted by molar-refractivity contribution is 6.32. The van der Waals surface area contributed by atoms with Gasteiger partial charge in [0.25, 0.3) is 11.8 Å². The van der Waals surface area contributed by atoms with E-state index in [9.17, 15) is 23.6 Å². The molecule has 0 saturated heterocycles. The van der Waals surface area contributed by atoms with E-state index in [1.54, 1.807) is 6.07 Å². The van der Waals surface area contributed by atoms with E-state index in [1.807, 2.05) is 0 Å². The smallest absolute Gasteiger partial charge is 0.255 e. The largest absolute Gasteiger partial charge is 0.397 e. The van der Waals surface area contributed by atoms with Crippen LogP contribution in [0.2, 0.25) is 10.0 Å². The van der Waals surface area contributed by atoms with Gasteiger partial charge in [0, 0.05) is 38.0 Å². The summed E-state index contributed by atoms with van der Waals surface area (Å²) in [5.41, 5.74) is 5.42. The molecule has 0 radical (unpaired) electrons. The summed E-state index contributed by atoms with van der Waals surface area (Å²) in [5, 5.41) is 22.4. The number of nitrogens with zero attached hydrogens (tertiary/aromatic N) is 1. The van der Waals surface area contributed by atoms with E-state index < -0.39 is 35.2 Å². The lowest BCUT2D eigenvalue weighted by Crippen LogP contribution is -2.21. The van der Waals surface area contributed by atoms with Crippen LogP contribution < -0.4 is 16.4 Å². The zero-order valence-corrected chi connectivity index (χ0v) is 18.5. The van der Waals surface area contributed by atoms with Gasteiger partial charge in [0.15, 0.2) is 0 Å². The topological polar surface area (TPSA) is 132 Å². The first-order chi connectivity index (χ1) is 16.1. The number of carbonyl (C=O) groups is 2. The van der Waals surface area contributed by atoms with Gasteiger partial charge in [-0.15, -0.1) is 0 Å². The van der Waals surface area contributed by atoms with Gasteiger partial charge in [0.05, 0.1) is 17.3 Å². The van der Waals surface area contributed by atoms with Crippen LogP contribution in [0.15, 0.2) is 42.5 Å². The van der Waals surface area contributed by atoms with E-state index in [1.165, 1.54) is 18.2 Å². The second kappa shape index (κ2) is 8.74. The van der Waals surface area contributed by atoms with Crippen molar-refractivity contribution in [3.63, 3.8) is 0 Å². The van der Waals surface area contributed by atoms with Gasteiger partial charge in [0.1, 0.15) is 23.4 Å². The average Bonchev–Trinajstić information content (AvgIpc) is 3.13. The molecular formula is C23H13Cl2F2N5O2. The van der Waals surface area contributed by atoms with Crippen molar-refractivity contribution >= 4 is 52.1 Å². The standard InChI is InChI=1S/C23H13Cl2F2N5O2/c24-10-3-9(4-12(27)5-10)22(33)31-17-7-14(16(29)8-28)20(30)19-18(17)21(32-23(19)34)13-6-11(26)1-2-15(13)25/h1-7,21,29H,30H2,(H,31,33)(H,32,34). The highest BCUT2D eigenvalue weighted by Gasteiger charge is 2.37. The van der Waals surface area contributed by atoms with Crippen LogP contribution in [0, 0.1) is 28.4 Å². The summed E-state index contributed by atoms with van der Waals surface area (Å²) in [7, 11) is 0. The Bertz CT molecular complexity index is 1430. The molecule has 4 rings (SSSR count). The third-order valence-electron chi connectivity index (χ3n) is 5.22. The van der Waals surface area contributed by atoms with Crippen molar-refractivity contribution in [2.45, 2.75) is 6.04 Å². The number of benzene rings is 3. The van der Waals surface area contributed by atoms with Crippen LogP contribution in [0.5, 0.6) is 0 Å². The Morgan fingerprint density at radius 2 is 1.88 bits per heavy atom. The molecule has 7 nitrogen and oxygen atoms in total. The minimum Gasteiger partial charge on any atom is -0.397 e. The molecule has 1 unspecified atom stereocenters. The van der Waals surface area contributed by atoms with Gasteiger partial charge in [-0.25, -0.2) is 8.78 Å². The Morgan fingerprint density at radius 3 is 2.56 bits per heavy atom. The van der Waals surface area contributed by atoms with Gasteiger partial charge in [-0.2, -0.15) is 5.26 Å². The molecule has 0 aliphatic carbocycles. The Morgan fingerprint density at radius 1 is 1.15 bits per heavy atom. The molecule has 0 spiro atoms. The first-order valence-corrected chi connectivity index (χ1v) is 10.3. The van der Waals surface area contributed by atoms with Crippen LogP contribution in [0.4, 0.5) is 20.2 Å². The minimum atomic E-state index is -1.01. The van der Waals surface area contributed by atoms with Crippen LogP contribution in [0.25, 0.3) is 0 Å². The van der Waals surface area contributed by atoms with Crippen molar-refractivity contribution in [2.24, 2.45) is 0 Å². The molecule has 1 aliphatic heterocycles. The molecule has 5 N–H and O–H groups in total. The zero-order valence-electron chi connectivity index (χ0n) is 17.0. The monoisotopic (exact) mass is 499 g/mol. The molecule has 34 heavy (non-hydrogen) atoms. The van der Waals surface area contributed by atoms with Gasteiger partial charge in [-0.05, 0) is 42.5 Å². The van der Waals surface area contributed by atoms with E-state index in [2.05, 4.69) is 10.6 Å². The predicted octanol–water partition coefficient (Wildman–Crippen LogP) is 4.83. The Labute approximate surface area is 201 Å². The number of rotatable bonds is 4. The summed E-state index contributed by atoms with van der Waals surface area (Å²) >= 11 is 12.1. The average molecular weight is 500 g/mol. The Kier molecular flexibility index (Phi) is 5.96. The minimum absolute atomic E-state index is 0.00624. The Hall–Kier alpha value is -4.00. The second-order valence-corrected chi connectivity index (χ2v) is 8.19. The Balaban J connectivity index is 1.93. The predicted molar refractivity (Wildman–Crippen MR) is 123 cm³/mol. The van der Waals surface area contributed by atoms with Crippen LogP contribution in [0.1, 0.15) is 43.4 Å². The molecule has 0 saturated carbocycles. The van der Waals surface area contributed by atoms with E-state index in [0.29, 0.717) is 0 Å². The molecule has 3 aromatic rings. The van der Waals surface area contributed by atoms with Crippen molar-refractivity contribution in [3.05, 3.63) is 92.0 Å². The fourth-order valence-corrected chi connectivity index (χ4v) is 4.20. The highest BCUT2D eigenvalue weighted by atomic mass is 35.5. The van der Waals surface area contributed by atoms with Crippen molar-refractivity contribution in [1.82, 2.24) is 5.32 Å². The SMILES string of the molecule is N#CC(=N)c1cc(NC(=O)c2cc(F)cc(Cl)c2)c2c(c1N)C(=O)NC2c1cc(F)ccc1Cl. The van der Waals surface area contributed by atoms with Gasteiger partial charge in [-0.1, -0.05) is 23.2 Å². The summed E-state index contributed by atoms with van der Waals surface area (Å²) in [6, 6.07) is 8.68. The number of hydrogen-bond donors (Lipinski definition) is 4. The summed E-state index contributed by atoms with van der Waals surface area (Å²) in [5.74, 6) is -2.81. The van der Waals surface area contributed by atoms with Crippen molar-refractivity contribution in [3.8, 4) is 6.07 Å². The number of nitrogens with two attached hydrogens (primary N) is 1. The molecule has 1 heterocycles. The van der Waals surface area contributed by atoms with Gasteiger partial charge in [0.2, 0.25) is 0 Å². The fraction of sp³-hybridized carbons (Fsp3) is 0.0435. The van der Waals surface area contributed by atoms with Crippen LogP contribution in [0.3, 0.4) is 0 Å². The van der Waals surface area contributed by atoms with Crippen LogP contribution in [-0.2, 0) is 0 Å². The van der Waals surface area contributed by atoms with Gasteiger partial charge >= 0.3 is 0 Å². The number of anilines is 2. The van der Waals surface area contributed by atoms with E-state index >= 15 is 0 Å². The molecule has 3 aromatic carbocycles. The summed E-state index contributed by atoms with van der Waals surface area (Å²) < 4.78 is 27.8. The molecule has 2 amide bonds. The maximum Gasteiger partial charge on any atom is 0.255 e. The van der Waals surface area contributed by atoms with E-state index in [4.69, 9.17) is 34.3 Å². The molecule has 170 valence electrons. The molecule has 1 aliphatic rings. The molecule has 0 aromatic heterocycles. The third-order valence-corrected chi connectivity index (χ3v) is 5.78. The third kappa shape index (κ3) is 4.05. The summed E-state index contributed by atoms with van der Waals surface area (Å²) in [6.45, 7) is 0. The highest BCUT2D eigenvalue weighted by Crippen LogP contribution is 2.43. The van der Waals surface area contributed by atoms with Crippen LogP contribution in [-0.4, -0.2) is 17.5 Å². The number of nitrogen functional groups attached to an aromatic ring is 1. The maximum absolute atomic E-state index is 14.0. The van der Waals surface area contributed by atoms with Crippen LogP contribution >= 0.6 is 23.2 Å². The van der Waals surface area contributed by atoms with Crippen molar-refractivity contribution < 1.29 is 18.4 Å². The molecule has 11 heteroatoms. The first-order valence-electron chi connectivity index (χ1n) is 9.59. The molecule has 0 fully saturated rings. The number of halogens is 4. The molecule has 0 bridgehead atoms. The molecular weight excluding hydrogens is 487 g/mol. The lowest BCUT2D eigenvalue weighted by molar-refractivity contribution is 0.0960. The number of hydrogen-bond acceptors (Lipinski definition) is 5. The van der Waals surface area contributed by atoms with Gasteiger partial charge < -0.3 is 16.4 Å². The van der Waals surface area contributed by atoms with Crippen molar-refractivity contribution in [2.75, 3.05) is 11.1 Å². The number of fused-ring (bicyclic) bond motifs is 1. The number of amides is 2. The van der Waals surface area contributed by atoms with E-state index in [0.717, 1.165) is 24.3 Å². The number of nitriles is 1. The second-order valence-electron chi connectivity index (χ2n) is 7.35. The summed E-state index contributed by atoms with van der Waals surface area (Å²) in [4.78, 5) is 25.8. The zero-order chi connectivity index (χ0) is 24.7. The first kappa shape index (κ1) is 23.2. The molecule has 1 atom stereocenters. The quantitative estimate of drug-likeness (QED) is 0.302. The summed E-state index contributed by atoms with van der Waals surface area (Å²) in [6.07, 6.45) is 0.